The Hall–Kier alpha value is -1.70. The van der Waals surface area contributed by atoms with Crippen molar-refractivity contribution in [3.8, 4) is 0 Å². The number of nitro benzene ring substituents is 1. The van der Waals surface area contributed by atoms with Crippen LogP contribution >= 0.6 is 11.6 Å². The maximum atomic E-state index is 12.6. The lowest BCUT2D eigenvalue weighted by Gasteiger charge is -2.40. The van der Waals surface area contributed by atoms with Crippen molar-refractivity contribution in [2.45, 2.75) is 45.4 Å². The summed E-state index contributed by atoms with van der Waals surface area (Å²) in [5.74, 6) is 0.0872. The van der Waals surface area contributed by atoms with E-state index >= 15 is 0 Å². The van der Waals surface area contributed by atoms with Gasteiger partial charge in [0, 0.05) is 55.5 Å². The maximum absolute atomic E-state index is 12.6. The third-order valence-corrected chi connectivity index (χ3v) is 5.46. The van der Waals surface area contributed by atoms with Crippen LogP contribution < -0.4 is 0 Å². The SMILES string of the molecule is Cc1c(CN2CCN(C(=O)[C@@H]3CCCO3)[C@@H](C)C2)cc(Cl)cc1[N+](=O)[O-]. The maximum Gasteiger partial charge on any atom is 0.274 e. The second kappa shape index (κ2) is 7.90. The van der Waals surface area contributed by atoms with Crippen LogP contribution in [-0.2, 0) is 16.1 Å². The van der Waals surface area contributed by atoms with E-state index < -0.39 is 4.92 Å². The first-order chi connectivity index (χ1) is 12.4. The van der Waals surface area contributed by atoms with E-state index in [0.29, 0.717) is 30.3 Å². The molecule has 0 aromatic heterocycles. The fourth-order valence-electron chi connectivity index (χ4n) is 3.78. The van der Waals surface area contributed by atoms with Gasteiger partial charge in [-0.25, -0.2) is 0 Å². The standard InChI is InChI=1S/C18H24ClN3O4/c1-12-10-20(5-6-21(12)18(23)17-4-3-7-26-17)11-14-8-15(19)9-16(13(14)2)22(24)25/h8-9,12,17H,3-7,10-11H2,1-2H3/t12-,17-/m0/s1. The predicted molar refractivity (Wildman–Crippen MR) is 98.3 cm³/mol. The summed E-state index contributed by atoms with van der Waals surface area (Å²) in [4.78, 5) is 27.5. The molecule has 3 rings (SSSR count). The van der Waals surface area contributed by atoms with Crippen LogP contribution in [0.1, 0.15) is 30.9 Å². The largest absolute Gasteiger partial charge is 0.368 e. The van der Waals surface area contributed by atoms with Gasteiger partial charge in [-0.1, -0.05) is 11.6 Å². The van der Waals surface area contributed by atoms with Crippen molar-refractivity contribution in [2.75, 3.05) is 26.2 Å². The molecule has 0 radical (unpaired) electrons. The minimum Gasteiger partial charge on any atom is -0.368 e. The number of benzene rings is 1. The Morgan fingerprint density at radius 3 is 2.81 bits per heavy atom. The molecule has 7 nitrogen and oxygen atoms in total. The zero-order chi connectivity index (χ0) is 18.8. The number of nitro groups is 1. The monoisotopic (exact) mass is 381 g/mol. The van der Waals surface area contributed by atoms with Gasteiger partial charge in [0.25, 0.3) is 11.6 Å². The van der Waals surface area contributed by atoms with Crippen LogP contribution in [0.25, 0.3) is 0 Å². The Morgan fingerprint density at radius 2 is 2.19 bits per heavy atom. The summed E-state index contributed by atoms with van der Waals surface area (Å²) in [6.45, 7) is 7.12. The van der Waals surface area contributed by atoms with Gasteiger partial charge in [0.05, 0.1) is 4.92 Å². The highest BCUT2D eigenvalue weighted by atomic mass is 35.5. The van der Waals surface area contributed by atoms with Gasteiger partial charge in [0.2, 0.25) is 0 Å². The molecule has 8 heteroatoms. The summed E-state index contributed by atoms with van der Waals surface area (Å²) in [7, 11) is 0. The Labute approximate surface area is 158 Å². The van der Waals surface area contributed by atoms with E-state index in [0.717, 1.165) is 31.5 Å². The summed E-state index contributed by atoms with van der Waals surface area (Å²) in [5, 5.41) is 11.6. The molecule has 2 atom stereocenters. The first-order valence-electron chi connectivity index (χ1n) is 8.94. The Morgan fingerprint density at radius 1 is 1.42 bits per heavy atom. The molecular formula is C18H24ClN3O4. The number of rotatable bonds is 4. The number of nitrogens with zero attached hydrogens (tertiary/aromatic N) is 3. The average molecular weight is 382 g/mol. The predicted octanol–water partition coefficient (Wildman–Crippen LogP) is 2.77. The topological polar surface area (TPSA) is 75.9 Å². The normalized spacial score (nSPS) is 24.0. The first kappa shape index (κ1) is 19.1. The van der Waals surface area contributed by atoms with Crippen LogP contribution in [0.5, 0.6) is 0 Å². The minimum absolute atomic E-state index is 0.0488. The summed E-state index contributed by atoms with van der Waals surface area (Å²) in [6, 6.07) is 3.26. The van der Waals surface area contributed by atoms with Gasteiger partial charge in [-0.2, -0.15) is 0 Å². The second-order valence-corrected chi connectivity index (χ2v) is 7.52. The highest BCUT2D eigenvalue weighted by Crippen LogP contribution is 2.28. The zero-order valence-electron chi connectivity index (χ0n) is 15.1. The summed E-state index contributed by atoms with van der Waals surface area (Å²) in [5.41, 5.74) is 1.55. The third kappa shape index (κ3) is 4.00. The molecule has 2 aliphatic rings. The number of piperazine rings is 1. The van der Waals surface area contributed by atoms with Gasteiger partial charge >= 0.3 is 0 Å². The number of hydrogen-bond donors (Lipinski definition) is 0. The fourth-order valence-corrected chi connectivity index (χ4v) is 4.01. The van der Waals surface area contributed by atoms with Gasteiger partial charge in [-0.15, -0.1) is 0 Å². The first-order valence-corrected chi connectivity index (χ1v) is 9.32. The zero-order valence-corrected chi connectivity index (χ0v) is 15.9. The molecule has 2 saturated heterocycles. The van der Waals surface area contributed by atoms with Gasteiger partial charge in [0.1, 0.15) is 6.10 Å². The number of amides is 1. The second-order valence-electron chi connectivity index (χ2n) is 7.08. The molecule has 2 fully saturated rings. The number of ether oxygens (including phenoxy) is 1. The quantitative estimate of drug-likeness (QED) is 0.592. The molecular weight excluding hydrogens is 358 g/mol. The minimum atomic E-state index is -0.397. The van der Waals surface area contributed by atoms with E-state index in [-0.39, 0.29) is 23.7 Å². The number of hydrogen-bond acceptors (Lipinski definition) is 5. The van der Waals surface area contributed by atoms with Crippen molar-refractivity contribution < 1.29 is 14.5 Å². The van der Waals surface area contributed by atoms with E-state index in [1.54, 1.807) is 13.0 Å². The number of halogens is 1. The highest BCUT2D eigenvalue weighted by molar-refractivity contribution is 6.30. The molecule has 2 heterocycles. The molecule has 1 amide bonds. The Bertz CT molecular complexity index is 706. The molecule has 26 heavy (non-hydrogen) atoms. The van der Waals surface area contributed by atoms with Crippen molar-refractivity contribution in [3.05, 3.63) is 38.4 Å². The molecule has 0 bridgehead atoms. The van der Waals surface area contributed by atoms with Crippen molar-refractivity contribution in [3.63, 3.8) is 0 Å². The van der Waals surface area contributed by atoms with Crippen molar-refractivity contribution in [1.29, 1.82) is 0 Å². The Balaban J connectivity index is 1.66. The van der Waals surface area contributed by atoms with Crippen LogP contribution in [0, 0.1) is 17.0 Å². The molecule has 0 aliphatic carbocycles. The molecule has 142 valence electrons. The lowest BCUT2D eigenvalue weighted by molar-refractivity contribution is -0.385. The molecule has 0 N–H and O–H groups in total. The molecule has 0 spiro atoms. The van der Waals surface area contributed by atoms with E-state index in [1.807, 2.05) is 11.8 Å². The van der Waals surface area contributed by atoms with Crippen LogP contribution in [0.4, 0.5) is 5.69 Å². The molecule has 1 aromatic carbocycles. The van der Waals surface area contributed by atoms with Gasteiger partial charge < -0.3 is 9.64 Å². The van der Waals surface area contributed by atoms with Gasteiger partial charge in [-0.05, 0) is 38.3 Å². The van der Waals surface area contributed by atoms with E-state index in [2.05, 4.69) is 4.90 Å². The van der Waals surface area contributed by atoms with E-state index in [1.165, 1.54) is 6.07 Å². The van der Waals surface area contributed by atoms with Crippen molar-refractivity contribution in [1.82, 2.24) is 9.80 Å². The summed E-state index contributed by atoms with van der Waals surface area (Å²) < 4.78 is 5.52. The van der Waals surface area contributed by atoms with Gasteiger partial charge in [-0.3, -0.25) is 19.8 Å². The molecule has 0 saturated carbocycles. The molecule has 1 aromatic rings. The van der Waals surface area contributed by atoms with Crippen LogP contribution in [0.3, 0.4) is 0 Å². The highest BCUT2D eigenvalue weighted by Gasteiger charge is 2.34. The fraction of sp³-hybridized carbons (Fsp3) is 0.611. The number of carbonyl (C=O) groups is 1. The third-order valence-electron chi connectivity index (χ3n) is 5.24. The van der Waals surface area contributed by atoms with Crippen LogP contribution in [0.2, 0.25) is 5.02 Å². The van der Waals surface area contributed by atoms with Crippen molar-refractivity contribution >= 4 is 23.2 Å². The molecule has 0 unspecified atom stereocenters. The summed E-state index contributed by atoms with van der Waals surface area (Å²) >= 11 is 6.06. The summed E-state index contributed by atoms with van der Waals surface area (Å²) in [6.07, 6.45) is 1.45. The van der Waals surface area contributed by atoms with Gasteiger partial charge in [0.15, 0.2) is 0 Å². The molecule has 2 aliphatic heterocycles. The van der Waals surface area contributed by atoms with Crippen LogP contribution in [0.15, 0.2) is 12.1 Å². The van der Waals surface area contributed by atoms with E-state index in [9.17, 15) is 14.9 Å². The average Bonchev–Trinajstić information content (AvgIpc) is 3.11. The Kier molecular flexibility index (Phi) is 5.79. The lowest BCUT2D eigenvalue weighted by Crippen LogP contribution is -2.55. The van der Waals surface area contributed by atoms with Crippen LogP contribution in [-0.4, -0.2) is 59.0 Å². The van der Waals surface area contributed by atoms with Crippen molar-refractivity contribution in [2.24, 2.45) is 0 Å². The lowest BCUT2D eigenvalue weighted by atomic mass is 10.0. The number of carbonyl (C=O) groups excluding carboxylic acids is 1. The van der Waals surface area contributed by atoms with E-state index in [4.69, 9.17) is 16.3 Å². The smallest absolute Gasteiger partial charge is 0.274 e.